The first-order chi connectivity index (χ1) is 6.33. The molecule has 1 aromatic rings. The smallest absolute Gasteiger partial charge is 0.105 e. The normalized spacial score (nSPS) is 13.1. The van der Waals surface area contributed by atoms with Gasteiger partial charge in [0.2, 0.25) is 0 Å². The van der Waals surface area contributed by atoms with Crippen LogP contribution in [0.25, 0.3) is 0 Å². The number of hydrogen-bond acceptors (Lipinski definition) is 2. The standard InChI is InChI=1S/C11H19NO/c1-3-4-7-12-10(2)9-11-6-5-8-13-11/h5-6,8,10,12H,3-4,7,9H2,1-2H3. The third-order valence-electron chi connectivity index (χ3n) is 2.11. The molecule has 74 valence electrons. The van der Waals surface area contributed by atoms with E-state index in [4.69, 9.17) is 4.42 Å². The molecule has 0 aliphatic heterocycles. The minimum Gasteiger partial charge on any atom is -0.469 e. The van der Waals surface area contributed by atoms with E-state index in [0.717, 1.165) is 18.7 Å². The minimum atomic E-state index is 0.512. The molecule has 0 fully saturated rings. The first-order valence-corrected chi connectivity index (χ1v) is 5.08. The highest BCUT2D eigenvalue weighted by molar-refractivity contribution is 4.99. The van der Waals surface area contributed by atoms with Crippen molar-refractivity contribution in [2.45, 2.75) is 39.2 Å². The Hall–Kier alpha value is -0.760. The van der Waals surface area contributed by atoms with Gasteiger partial charge in [-0.2, -0.15) is 0 Å². The Morgan fingerprint density at radius 1 is 1.54 bits per heavy atom. The van der Waals surface area contributed by atoms with Crippen molar-refractivity contribution in [1.82, 2.24) is 5.32 Å². The van der Waals surface area contributed by atoms with Gasteiger partial charge in [0.1, 0.15) is 5.76 Å². The molecule has 1 rings (SSSR count). The van der Waals surface area contributed by atoms with Crippen molar-refractivity contribution in [2.75, 3.05) is 6.54 Å². The molecule has 1 unspecified atom stereocenters. The fraction of sp³-hybridized carbons (Fsp3) is 0.636. The number of hydrogen-bond donors (Lipinski definition) is 1. The van der Waals surface area contributed by atoms with Crippen LogP contribution in [0.4, 0.5) is 0 Å². The van der Waals surface area contributed by atoms with Crippen molar-refractivity contribution >= 4 is 0 Å². The molecule has 1 heterocycles. The highest BCUT2D eigenvalue weighted by atomic mass is 16.3. The average molecular weight is 181 g/mol. The maximum absolute atomic E-state index is 5.27. The van der Waals surface area contributed by atoms with E-state index in [1.165, 1.54) is 12.8 Å². The SMILES string of the molecule is CCCCNC(C)Cc1ccco1. The zero-order valence-electron chi connectivity index (χ0n) is 8.55. The molecule has 0 bridgehead atoms. The van der Waals surface area contributed by atoms with Crippen LogP contribution in [0.3, 0.4) is 0 Å². The van der Waals surface area contributed by atoms with Crippen LogP contribution >= 0.6 is 0 Å². The number of nitrogens with one attached hydrogen (secondary N) is 1. The second-order valence-electron chi connectivity index (χ2n) is 3.49. The monoisotopic (exact) mass is 181 g/mol. The summed E-state index contributed by atoms with van der Waals surface area (Å²) in [6, 6.07) is 4.48. The Morgan fingerprint density at radius 3 is 3.00 bits per heavy atom. The van der Waals surface area contributed by atoms with Crippen LogP contribution in [0.1, 0.15) is 32.4 Å². The molecular formula is C11H19NO. The largest absolute Gasteiger partial charge is 0.469 e. The van der Waals surface area contributed by atoms with Gasteiger partial charge in [-0.25, -0.2) is 0 Å². The first-order valence-electron chi connectivity index (χ1n) is 5.08. The summed E-state index contributed by atoms with van der Waals surface area (Å²) < 4.78 is 5.27. The van der Waals surface area contributed by atoms with E-state index in [1.54, 1.807) is 6.26 Å². The van der Waals surface area contributed by atoms with E-state index in [1.807, 2.05) is 12.1 Å². The maximum Gasteiger partial charge on any atom is 0.105 e. The van der Waals surface area contributed by atoms with Gasteiger partial charge in [0.15, 0.2) is 0 Å². The molecular weight excluding hydrogens is 162 g/mol. The van der Waals surface area contributed by atoms with Gasteiger partial charge in [-0.1, -0.05) is 13.3 Å². The summed E-state index contributed by atoms with van der Waals surface area (Å²) in [5.41, 5.74) is 0. The molecule has 0 saturated heterocycles. The molecule has 2 heteroatoms. The number of furan rings is 1. The Kier molecular flexibility index (Phi) is 4.61. The van der Waals surface area contributed by atoms with E-state index in [-0.39, 0.29) is 0 Å². The summed E-state index contributed by atoms with van der Waals surface area (Å²) in [6.45, 7) is 5.51. The Balaban J connectivity index is 2.14. The third-order valence-corrected chi connectivity index (χ3v) is 2.11. The van der Waals surface area contributed by atoms with Gasteiger partial charge in [-0.15, -0.1) is 0 Å². The van der Waals surface area contributed by atoms with Crippen LogP contribution < -0.4 is 5.32 Å². The highest BCUT2D eigenvalue weighted by Gasteiger charge is 2.03. The zero-order valence-corrected chi connectivity index (χ0v) is 8.55. The van der Waals surface area contributed by atoms with Gasteiger partial charge in [0, 0.05) is 12.5 Å². The van der Waals surface area contributed by atoms with Crippen LogP contribution in [-0.2, 0) is 6.42 Å². The van der Waals surface area contributed by atoms with Gasteiger partial charge in [0.25, 0.3) is 0 Å². The van der Waals surface area contributed by atoms with Gasteiger partial charge in [-0.3, -0.25) is 0 Å². The maximum atomic E-state index is 5.27. The van der Waals surface area contributed by atoms with E-state index in [9.17, 15) is 0 Å². The molecule has 0 spiro atoms. The molecule has 0 amide bonds. The second kappa shape index (κ2) is 5.81. The van der Waals surface area contributed by atoms with E-state index in [0.29, 0.717) is 6.04 Å². The lowest BCUT2D eigenvalue weighted by molar-refractivity contribution is 0.454. The van der Waals surface area contributed by atoms with Crippen molar-refractivity contribution in [3.8, 4) is 0 Å². The summed E-state index contributed by atoms with van der Waals surface area (Å²) in [5, 5.41) is 3.46. The van der Waals surface area contributed by atoms with Crippen molar-refractivity contribution in [2.24, 2.45) is 0 Å². The van der Waals surface area contributed by atoms with Crippen LogP contribution in [0.15, 0.2) is 22.8 Å². The van der Waals surface area contributed by atoms with E-state index >= 15 is 0 Å². The molecule has 0 radical (unpaired) electrons. The number of rotatable bonds is 6. The molecule has 0 aliphatic carbocycles. The summed E-state index contributed by atoms with van der Waals surface area (Å²) in [5.74, 6) is 1.07. The topological polar surface area (TPSA) is 25.2 Å². The second-order valence-corrected chi connectivity index (χ2v) is 3.49. The van der Waals surface area contributed by atoms with Crippen molar-refractivity contribution in [1.29, 1.82) is 0 Å². The van der Waals surface area contributed by atoms with Crippen molar-refractivity contribution in [3.05, 3.63) is 24.2 Å². The van der Waals surface area contributed by atoms with Gasteiger partial charge in [-0.05, 0) is 32.0 Å². The van der Waals surface area contributed by atoms with Gasteiger partial charge >= 0.3 is 0 Å². The summed E-state index contributed by atoms with van der Waals surface area (Å²) >= 11 is 0. The molecule has 0 aromatic carbocycles. The van der Waals surface area contributed by atoms with Crippen LogP contribution in [0.5, 0.6) is 0 Å². The van der Waals surface area contributed by atoms with Crippen molar-refractivity contribution in [3.63, 3.8) is 0 Å². The molecule has 1 atom stereocenters. The van der Waals surface area contributed by atoms with E-state index in [2.05, 4.69) is 19.2 Å². The summed E-state index contributed by atoms with van der Waals surface area (Å²) in [7, 11) is 0. The fourth-order valence-electron chi connectivity index (χ4n) is 1.33. The summed E-state index contributed by atoms with van der Waals surface area (Å²) in [4.78, 5) is 0. The van der Waals surface area contributed by atoms with Crippen LogP contribution in [0, 0.1) is 0 Å². The minimum absolute atomic E-state index is 0.512. The van der Waals surface area contributed by atoms with Gasteiger partial charge < -0.3 is 9.73 Å². The first kappa shape index (κ1) is 10.3. The molecule has 1 aromatic heterocycles. The average Bonchev–Trinajstić information content (AvgIpc) is 2.57. The highest BCUT2D eigenvalue weighted by Crippen LogP contribution is 2.03. The Bertz CT molecular complexity index is 206. The Morgan fingerprint density at radius 2 is 2.38 bits per heavy atom. The quantitative estimate of drug-likeness (QED) is 0.682. The zero-order chi connectivity index (χ0) is 9.52. The molecule has 1 N–H and O–H groups in total. The van der Waals surface area contributed by atoms with Crippen LogP contribution in [0.2, 0.25) is 0 Å². The predicted molar refractivity (Wildman–Crippen MR) is 54.8 cm³/mol. The predicted octanol–water partition coefficient (Wildman–Crippen LogP) is 2.60. The fourth-order valence-corrected chi connectivity index (χ4v) is 1.33. The Labute approximate surface area is 80.3 Å². The van der Waals surface area contributed by atoms with Gasteiger partial charge in [0.05, 0.1) is 6.26 Å². The molecule has 2 nitrogen and oxygen atoms in total. The molecule has 0 saturated carbocycles. The van der Waals surface area contributed by atoms with Crippen molar-refractivity contribution < 1.29 is 4.42 Å². The lowest BCUT2D eigenvalue weighted by Gasteiger charge is -2.11. The molecule has 13 heavy (non-hydrogen) atoms. The summed E-state index contributed by atoms with van der Waals surface area (Å²) in [6.07, 6.45) is 5.22. The lowest BCUT2D eigenvalue weighted by Crippen LogP contribution is -2.28. The van der Waals surface area contributed by atoms with E-state index < -0.39 is 0 Å². The van der Waals surface area contributed by atoms with Crippen LogP contribution in [-0.4, -0.2) is 12.6 Å². The lowest BCUT2D eigenvalue weighted by atomic mass is 10.2. The molecule has 0 aliphatic rings. The number of unbranched alkanes of at least 4 members (excludes halogenated alkanes) is 1. The third kappa shape index (κ3) is 4.13.